The fourth-order valence-corrected chi connectivity index (χ4v) is 2.76. The largest absolute Gasteiger partial charge is 0.376 e. The van der Waals surface area contributed by atoms with Gasteiger partial charge in [0, 0.05) is 23.5 Å². The van der Waals surface area contributed by atoms with Gasteiger partial charge in [-0.25, -0.2) is 0 Å². The molecule has 0 spiro atoms. The van der Waals surface area contributed by atoms with E-state index in [-0.39, 0.29) is 18.4 Å². The van der Waals surface area contributed by atoms with Crippen LogP contribution in [0.15, 0.2) is 78.9 Å². The van der Waals surface area contributed by atoms with Crippen LogP contribution in [-0.2, 0) is 11.3 Å². The lowest BCUT2D eigenvalue weighted by Crippen LogP contribution is -2.23. The maximum absolute atomic E-state index is 12.4. The van der Waals surface area contributed by atoms with E-state index < -0.39 is 0 Å². The highest BCUT2D eigenvalue weighted by atomic mass is 16.2. The molecule has 0 aliphatic carbocycles. The van der Waals surface area contributed by atoms with E-state index in [9.17, 15) is 9.59 Å². The van der Waals surface area contributed by atoms with Crippen molar-refractivity contribution in [3.05, 3.63) is 95.6 Å². The Kier molecular flexibility index (Phi) is 6.41. The van der Waals surface area contributed by atoms with Gasteiger partial charge >= 0.3 is 0 Å². The first-order valence-corrected chi connectivity index (χ1v) is 9.13. The maximum atomic E-state index is 12.4. The quantitative estimate of drug-likeness (QED) is 0.587. The molecule has 0 unspecified atom stereocenters. The molecule has 142 valence electrons. The minimum absolute atomic E-state index is 0.114. The lowest BCUT2D eigenvalue weighted by atomic mass is 10.1. The zero-order valence-electron chi connectivity index (χ0n) is 15.7. The summed E-state index contributed by atoms with van der Waals surface area (Å²) in [6.45, 7) is 2.56. The van der Waals surface area contributed by atoms with Gasteiger partial charge < -0.3 is 16.0 Å². The summed E-state index contributed by atoms with van der Waals surface area (Å²) in [6.07, 6.45) is 0. The molecule has 5 heteroatoms. The average molecular weight is 373 g/mol. The predicted octanol–water partition coefficient (Wildman–Crippen LogP) is 3.98. The van der Waals surface area contributed by atoms with Gasteiger partial charge in [0.25, 0.3) is 5.91 Å². The highest BCUT2D eigenvalue weighted by Crippen LogP contribution is 2.12. The number of amides is 2. The topological polar surface area (TPSA) is 70.2 Å². The molecule has 0 aliphatic heterocycles. The lowest BCUT2D eigenvalue weighted by Gasteiger charge is -2.10. The molecule has 0 heterocycles. The Balaban J connectivity index is 1.52. The molecule has 0 aliphatic rings. The van der Waals surface area contributed by atoms with Crippen molar-refractivity contribution in [2.75, 3.05) is 17.2 Å². The molecule has 2 amide bonds. The Morgan fingerprint density at radius 2 is 1.57 bits per heavy atom. The van der Waals surface area contributed by atoms with Crippen LogP contribution in [0.4, 0.5) is 11.4 Å². The van der Waals surface area contributed by atoms with Crippen LogP contribution >= 0.6 is 0 Å². The van der Waals surface area contributed by atoms with Crippen LogP contribution in [-0.4, -0.2) is 18.4 Å². The van der Waals surface area contributed by atoms with Gasteiger partial charge in [0.1, 0.15) is 0 Å². The first kappa shape index (κ1) is 19.2. The zero-order valence-corrected chi connectivity index (χ0v) is 15.7. The Labute approximate surface area is 164 Å². The molecule has 0 saturated carbocycles. The third-order valence-electron chi connectivity index (χ3n) is 4.18. The minimum atomic E-state index is -0.156. The van der Waals surface area contributed by atoms with Gasteiger partial charge in [0.15, 0.2) is 0 Å². The third-order valence-corrected chi connectivity index (χ3v) is 4.18. The Bertz CT molecular complexity index is 955. The molecule has 0 bridgehead atoms. The maximum Gasteiger partial charge on any atom is 0.251 e. The molecule has 3 N–H and O–H groups in total. The molecular weight excluding hydrogens is 350 g/mol. The zero-order chi connectivity index (χ0) is 19.8. The van der Waals surface area contributed by atoms with E-state index in [0.29, 0.717) is 17.8 Å². The van der Waals surface area contributed by atoms with Crippen molar-refractivity contribution in [2.24, 2.45) is 0 Å². The van der Waals surface area contributed by atoms with E-state index in [1.165, 1.54) is 0 Å². The van der Waals surface area contributed by atoms with E-state index in [2.05, 4.69) is 16.0 Å². The SMILES string of the molecule is Cc1cccc(NC(=O)CNc2cccc(C(=O)NCc3ccccc3)c2)c1. The molecule has 0 saturated heterocycles. The Morgan fingerprint density at radius 1 is 0.821 bits per heavy atom. The molecule has 3 rings (SSSR count). The number of hydrogen-bond donors (Lipinski definition) is 3. The van der Waals surface area contributed by atoms with Crippen LogP contribution in [0.2, 0.25) is 0 Å². The molecule has 28 heavy (non-hydrogen) atoms. The van der Waals surface area contributed by atoms with Crippen LogP contribution in [0.5, 0.6) is 0 Å². The van der Waals surface area contributed by atoms with Crippen molar-refractivity contribution in [3.8, 4) is 0 Å². The van der Waals surface area contributed by atoms with Crippen molar-refractivity contribution in [2.45, 2.75) is 13.5 Å². The second-order valence-corrected chi connectivity index (χ2v) is 6.52. The standard InChI is InChI=1S/C23H23N3O2/c1-17-7-5-12-21(13-17)26-22(27)16-24-20-11-6-10-19(14-20)23(28)25-15-18-8-3-2-4-9-18/h2-14,24H,15-16H2,1H3,(H,25,28)(H,26,27). The monoisotopic (exact) mass is 373 g/mol. The smallest absolute Gasteiger partial charge is 0.251 e. The van der Waals surface area contributed by atoms with Crippen LogP contribution in [0, 0.1) is 6.92 Å². The molecule has 5 nitrogen and oxygen atoms in total. The Hall–Kier alpha value is -3.60. The number of aryl methyl sites for hydroxylation is 1. The number of carbonyl (C=O) groups excluding carboxylic acids is 2. The van der Waals surface area contributed by atoms with Gasteiger partial charge in [-0.2, -0.15) is 0 Å². The van der Waals surface area contributed by atoms with E-state index in [4.69, 9.17) is 0 Å². The summed E-state index contributed by atoms with van der Waals surface area (Å²) in [4.78, 5) is 24.5. The second kappa shape index (κ2) is 9.37. The number of benzene rings is 3. The van der Waals surface area contributed by atoms with E-state index in [1.54, 1.807) is 18.2 Å². The molecular formula is C23H23N3O2. The summed E-state index contributed by atoms with van der Waals surface area (Å²) in [5.74, 6) is -0.304. The highest BCUT2D eigenvalue weighted by molar-refractivity contribution is 5.96. The fourth-order valence-electron chi connectivity index (χ4n) is 2.76. The summed E-state index contributed by atoms with van der Waals surface area (Å²) < 4.78 is 0. The molecule has 0 aromatic heterocycles. The normalized spacial score (nSPS) is 10.2. The van der Waals surface area contributed by atoms with Gasteiger partial charge in [0.2, 0.25) is 5.91 Å². The first-order valence-electron chi connectivity index (χ1n) is 9.13. The van der Waals surface area contributed by atoms with Crippen LogP contribution < -0.4 is 16.0 Å². The van der Waals surface area contributed by atoms with Crippen molar-refractivity contribution in [1.82, 2.24) is 5.32 Å². The fraction of sp³-hybridized carbons (Fsp3) is 0.130. The summed E-state index contributed by atoms with van der Waals surface area (Å²) in [7, 11) is 0. The van der Waals surface area contributed by atoms with Gasteiger partial charge in [-0.3, -0.25) is 9.59 Å². The third kappa shape index (κ3) is 5.71. The van der Waals surface area contributed by atoms with Gasteiger partial charge in [0.05, 0.1) is 6.54 Å². The van der Waals surface area contributed by atoms with Crippen LogP contribution in [0.1, 0.15) is 21.5 Å². The number of anilines is 2. The van der Waals surface area contributed by atoms with Crippen LogP contribution in [0.3, 0.4) is 0 Å². The summed E-state index contributed by atoms with van der Waals surface area (Å²) >= 11 is 0. The average Bonchev–Trinajstić information content (AvgIpc) is 2.71. The summed E-state index contributed by atoms with van der Waals surface area (Å²) in [5.41, 5.74) is 4.14. The Morgan fingerprint density at radius 3 is 2.36 bits per heavy atom. The van der Waals surface area contributed by atoms with Crippen LogP contribution in [0.25, 0.3) is 0 Å². The van der Waals surface area contributed by atoms with Gasteiger partial charge in [-0.05, 0) is 48.4 Å². The predicted molar refractivity (Wildman–Crippen MR) is 112 cm³/mol. The van der Waals surface area contributed by atoms with E-state index in [1.807, 2.05) is 67.6 Å². The number of rotatable bonds is 7. The lowest BCUT2D eigenvalue weighted by molar-refractivity contribution is -0.114. The highest BCUT2D eigenvalue weighted by Gasteiger charge is 2.07. The minimum Gasteiger partial charge on any atom is -0.376 e. The molecule has 0 fully saturated rings. The first-order chi connectivity index (χ1) is 13.6. The molecule has 3 aromatic rings. The summed E-state index contributed by atoms with van der Waals surface area (Å²) in [6, 6.07) is 24.5. The van der Waals surface area contributed by atoms with Crippen molar-refractivity contribution >= 4 is 23.2 Å². The van der Waals surface area contributed by atoms with E-state index in [0.717, 1.165) is 16.8 Å². The molecule has 3 aromatic carbocycles. The second-order valence-electron chi connectivity index (χ2n) is 6.52. The molecule has 0 radical (unpaired) electrons. The summed E-state index contributed by atoms with van der Waals surface area (Å²) in [5, 5.41) is 8.80. The van der Waals surface area contributed by atoms with E-state index >= 15 is 0 Å². The number of carbonyl (C=O) groups is 2. The van der Waals surface area contributed by atoms with Crippen molar-refractivity contribution < 1.29 is 9.59 Å². The van der Waals surface area contributed by atoms with Crippen molar-refractivity contribution in [3.63, 3.8) is 0 Å². The number of nitrogens with one attached hydrogen (secondary N) is 3. The van der Waals surface area contributed by atoms with Gasteiger partial charge in [-0.15, -0.1) is 0 Å². The van der Waals surface area contributed by atoms with Crippen molar-refractivity contribution in [1.29, 1.82) is 0 Å². The van der Waals surface area contributed by atoms with Gasteiger partial charge in [-0.1, -0.05) is 48.5 Å². The number of hydrogen-bond acceptors (Lipinski definition) is 3. The molecule has 0 atom stereocenters.